The molecule has 1 saturated heterocycles. The molecule has 0 radical (unpaired) electrons. The first kappa shape index (κ1) is 11.6. The minimum absolute atomic E-state index is 0.417. The summed E-state index contributed by atoms with van der Waals surface area (Å²) in [6.45, 7) is 4.70. The minimum atomic E-state index is 0.417. The topological polar surface area (TPSA) is 29.5 Å². The van der Waals surface area contributed by atoms with E-state index < -0.39 is 0 Å². The smallest absolute Gasteiger partial charge is 0.136 e. The van der Waals surface area contributed by atoms with Crippen molar-refractivity contribution < 1.29 is 9.53 Å². The Morgan fingerprint density at radius 1 is 1.38 bits per heavy atom. The van der Waals surface area contributed by atoms with Crippen LogP contribution in [0.3, 0.4) is 0 Å². The van der Waals surface area contributed by atoms with Gasteiger partial charge < -0.3 is 9.64 Å². The summed E-state index contributed by atoms with van der Waals surface area (Å²) in [7, 11) is 0. The van der Waals surface area contributed by atoms with Crippen molar-refractivity contribution in [3.05, 3.63) is 11.8 Å². The van der Waals surface area contributed by atoms with E-state index in [2.05, 4.69) is 17.9 Å². The molecule has 1 aliphatic heterocycles. The van der Waals surface area contributed by atoms with Gasteiger partial charge >= 0.3 is 0 Å². The highest BCUT2D eigenvalue weighted by molar-refractivity contribution is 5.79. The van der Waals surface area contributed by atoms with E-state index in [0.29, 0.717) is 11.9 Å². The Balaban J connectivity index is 1.84. The molecule has 1 fully saturated rings. The number of rotatable bonds is 3. The van der Waals surface area contributed by atoms with E-state index >= 15 is 0 Å². The van der Waals surface area contributed by atoms with Crippen LogP contribution < -0.4 is 0 Å². The molecule has 0 N–H and O–H groups in total. The van der Waals surface area contributed by atoms with Crippen molar-refractivity contribution in [2.75, 3.05) is 19.7 Å². The zero-order chi connectivity index (χ0) is 11.4. The average Bonchev–Trinajstić information content (AvgIpc) is 2.32. The fraction of sp³-hybridized carbons (Fsp3) is 0.769. The van der Waals surface area contributed by atoms with Crippen LogP contribution in [0.25, 0.3) is 0 Å². The van der Waals surface area contributed by atoms with Crippen LogP contribution >= 0.6 is 0 Å². The highest BCUT2D eigenvalue weighted by atomic mass is 16.5. The number of ketones is 1. The number of hydrogen-bond acceptors (Lipinski definition) is 3. The summed E-state index contributed by atoms with van der Waals surface area (Å²) < 4.78 is 5.62. The van der Waals surface area contributed by atoms with Gasteiger partial charge in [-0.1, -0.05) is 6.08 Å². The monoisotopic (exact) mass is 223 g/mol. The Morgan fingerprint density at radius 3 is 2.69 bits per heavy atom. The minimum Gasteiger partial charge on any atom is -0.378 e. The van der Waals surface area contributed by atoms with Gasteiger partial charge in [-0.2, -0.15) is 0 Å². The van der Waals surface area contributed by atoms with Crippen molar-refractivity contribution in [1.29, 1.82) is 0 Å². The highest BCUT2D eigenvalue weighted by Gasteiger charge is 2.21. The molecule has 0 bridgehead atoms. The summed E-state index contributed by atoms with van der Waals surface area (Å²) in [6, 6.07) is 0. The van der Waals surface area contributed by atoms with E-state index in [4.69, 9.17) is 4.74 Å². The molecule has 2 rings (SSSR count). The Hall–Kier alpha value is -0.830. The number of nitrogens with zero attached hydrogens (tertiary/aromatic N) is 1. The molecule has 1 heterocycles. The van der Waals surface area contributed by atoms with Crippen molar-refractivity contribution in [1.82, 2.24) is 4.90 Å². The largest absolute Gasteiger partial charge is 0.378 e. The van der Waals surface area contributed by atoms with Gasteiger partial charge in [-0.15, -0.1) is 0 Å². The lowest BCUT2D eigenvalue weighted by molar-refractivity contribution is -0.121. The van der Waals surface area contributed by atoms with Gasteiger partial charge in [0.2, 0.25) is 0 Å². The van der Waals surface area contributed by atoms with Gasteiger partial charge in [0, 0.05) is 38.2 Å². The van der Waals surface area contributed by atoms with E-state index in [0.717, 1.165) is 51.8 Å². The second kappa shape index (κ2) is 5.48. The normalized spacial score (nSPS) is 26.8. The second-order valence-corrected chi connectivity index (χ2v) is 4.57. The number of allylic oxidation sites excluding steroid dienone is 1. The average molecular weight is 223 g/mol. The maximum atomic E-state index is 11.2. The third kappa shape index (κ3) is 2.85. The number of likely N-dealkylation sites (tertiary alicyclic amines) is 1. The molecule has 0 aromatic heterocycles. The summed E-state index contributed by atoms with van der Waals surface area (Å²) in [6.07, 6.45) is 7.45. The number of piperidine rings is 1. The number of carbonyl (C=O) groups excluding carboxylic acids is 1. The Kier molecular flexibility index (Phi) is 3.99. The molecule has 0 unspecified atom stereocenters. The third-order valence-corrected chi connectivity index (χ3v) is 3.47. The van der Waals surface area contributed by atoms with Crippen LogP contribution in [-0.2, 0) is 9.53 Å². The number of Topliss-reactive ketones (excluding diaryl/α,β-unsaturated/α-hetero) is 1. The van der Waals surface area contributed by atoms with E-state index in [-0.39, 0.29) is 0 Å². The molecule has 16 heavy (non-hydrogen) atoms. The van der Waals surface area contributed by atoms with Crippen LogP contribution in [0.15, 0.2) is 11.8 Å². The van der Waals surface area contributed by atoms with Crippen molar-refractivity contribution in [3.8, 4) is 0 Å². The van der Waals surface area contributed by atoms with Crippen LogP contribution in [0, 0.1) is 0 Å². The van der Waals surface area contributed by atoms with Gasteiger partial charge in [0.05, 0.1) is 6.10 Å². The molecule has 3 heteroatoms. The molecule has 0 amide bonds. The third-order valence-electron chi connectivity index (χ3n) is 3.47. The fourth-order valence-corrected chi connectivity index (χ4v) is 2.51. The van der Waals surface area contributed by atoms with Crippen molar-refractivity contribution >= 4 is 5.78 Å². The molecule has 0 saturated carbocycles. The Labute approximate surface area is 97.5 Å². The van der Waals surface area contributed by atoms with Crippen molar-refractivity contribution in [2.24, 2.45) is 0 Å². The lowest BCUT2D eigenvalue weighted by Crippen LogP contribution is -2.34. The molecule has 1 aliphatic carbocycles. The Morgan fingerprint density at radius 2 is 2.12 bits per heavy atom. The first-order chi connectivity index (χ1) is 7.79. The van der Waals surface area contributed by atoms with Crippen LogP contribution in [0.1, 0.15) is 39.0 Å². The second-order valence-electron chi connectivity index (χ2n) is 4.57. The number of ether oxygens (including phenoxy) is 1. The summed E-state index contributed by atoms with van der Waals surface area (Å²) in [5.41, 5.74) is 1.43. The van der Waals surface area contributed by atoms with Gasteiger partial charge in [0.15, 0.2) is 0 Å². The van der Waals surface area contributed by atoms with E-state index in [1.165, 1.54) is 5.70 Å². The maximum absolute atomic E-state index is 11.2. The molecule has 2 aliphatic rings. The van der Waals surface area contributed by atoms with Gasteiger partial charge in [0.1, 0.15) is 5.78 Å². The summed E-state index contributed by atoms with van der Waals surface area (Å²) in [5.74, 6) is 0.417. The zero-order valence-corrected chi connectivity index (χ0v) is 10.1. The zero-order valence-electron chi connectivity index (χ0n) is 10.1. The number of hydrogen-bond donors (Lipinski definition) is 0. The molecule has 3 nitrogen and oxygen atoms in total. The SMILES string of the molecule is CCO[C@@H]1CC=C(N2CCC(=O)CC2)CC1. The lowest BCUT2D eigenvalue weighted by atomic mass is 9.99. The lowest BCUT2D eigenvalue weighted by Gasteiger charge is -2.33. The molecule has 0 aromatic carbocycles. The Bertz CT molecular complexity index is 276. The van der Waals surface area contributed by atoms with Crippen LogP contribution in [0.5, 0.6) is 0 Å². The van der Waals surface area contributed by atoms with Crippen LogP contribution in [0.4, 0.5) is 0 Å². The van der Waals surface area contributed by atoms with Gasteiger partial charge in [-0.05, 0) is 26.2 Å². The summed E-state index contributed by atoms with van der Waals surface area (Å²) >= 11 is 0. The van der Waals surface area contributed by atoms with E-state index in [1.807, 2.05) is 0 Å². The van der Waals surface area contributed by atoms with E-state index in [1.54, 1.807) is 0 Å². The maximum Gasteiger partial charge on any atom is 0.136 e. The van der Waals surface area contributed by atoms with Gasteiger partial charge in [-0.25, -0.2) is 0 Å². The molecule has 0 aromatic rings. The number of carbonyl (C=O) groups is 1. The molecule has 0 spiro atoms. The van der Waals surface area contributed by atoms with Crippen LogP contribution in [-0.4, -0.2) is 36.5 Å². The fourth-order valence-electron chi connectivity index (χ4n) is 2.51. The summed E-state index contributed by atoms with van der Waals surface area (Å²) in [5, 5.41) is 0. The highest BCUT2D eigenvalue weighted by Crippen LogP contribution is 2.25. The van der Waals surface area contributed by atoms with Crippen molar-refractivity contribution in [3.63, 3.8) is 0 Å². The van der Waals surface area contributed by atoms with Gasteiger partial charge in [0.25, 0.3) is 0 Å². The van der Waals surface area contributed by atoms with Crippen molar-refractivity contribution in [2.45, 2.75) is 45.1 Å². The first-order valence-corrected chi connectivity index (χ1v) is 6.37. The molecular formula is C13H21NO2. The molecule has 90 valence electrons. The first-order valence-electron chi connectivity index (χ1n) is 6.37. The standard InChI is InChI=1S/C13H21NO2/c1-2-16-13-5-3-11(4-6-13)14-9-7-12(15)8-10-14/h3,13H,2,4-10H2,1H3/t13-/m1/s1. The van der Waals surface area contributed by atoms with E-state index in [9.17, 15) is 4.79 Å². The summed E-state index contributed by atoms with van der Waals surface area (Å²) in [4.78, 5) is 13.5. The van der Waals surface area contributed by atoms with Gasteiger partial charge in [-0.3, -0.25) is 4.79 Å². The predicted octanol–water partition coefficient (Wildman–Crippen LogP) is 2.12. The predicted molar refractivity (Wildman–Crippen MR) is 63.2 cm³/mol. The van der Waals surface area contributed by atoms with Crippen LogP contribution in [0.2, 0.25) is 0 Å². The molecular weight excluding hydrogens is 202 g/mol. The molecule has 1 atom stereocenters. The quantitative estimate of drug-likeness (QED) is 0.734.